The largest absolute Gasteiger partial charge is 0.346 e. The van der Waals surface area contributed by atoms with E-state index >= 15 is 0 Å². The van der Waals surface area contributed by atoms with E-state index < -0.39 is 0 Å². The molecule has 0 unspecified atom stereocenters. The standard InChI is InChI=1S/C21H21ClN2O/c1-15-7-5-8-17(13-15)20(24-11-3-4-12-24)14-21(25)23-19-10-6-9-18(22)16(19)2/h3-13,20H,14H2,1-2H3,(H,23,25)/t20-/m1/s1. The Bertz CT molecular complexity index is 871. The fourth-order valence-electron chi connectivity index (χ4n) is 2.95. The van der Waals surface area contributed by atoms with E-state index in [0.29, 0.717) is 11.4 Å². The third-order valence-corrected chi connectivity index (χ3v) is 4.74. The van der Waals surface area contributed by atoms with Crippen molar-refractivity contribution in [2.75, 3.05) is 5.32 Å². The minimum absolute atomic E-state index is 0.0365. The number of halogens is 1. The summed E-state index contributed by atoms with van der Waals surface area (Å²) in [6, 6.07) is 17.7. The lowest BCUT2D eigenvalue weighted by Gasteiger charge is -2.20. The van der Waals surface area contributed by atoms with Crippen LogP contribution in [0.25, 0.3) is 0 Å². The first-order chi connectivity index (χ1) is 12.0. The number of rotatable bonds is 5. The van der Waals surface area contributed by atoms with Crippen LogP contribution >= 0.6 is 11.6 Å². The fourth-order valence-corrected chi connectivity index (χ4v) is 3.12. The molecule has 3 rings (SSSR count). The smallest absolute Gasteiger partial charge is 0.226 e. The molecule has 1 aromatic heterocycles. The van der Waals surface area contributed by atoms with Crippen molar-refractivity contribution in [1.82, 2.24) is 4.57 Å². The van der Waals surface area contributed by atoms with Gasteiger partial charge in [-0.25, -0.2) is 0 Å². The molecule has 1 amide bonds. The van der Waals surface area contributed by atoms with Crippen molar-refractivity contribution in [1.29, 1.82) is 0 Å². The van der Waals surface area contributed by atoms with Gasteiger partial charge >= 0.3 is 0 Å². The highest BCUT2D eigenvalue weighted by Gasteiger charge is 2.18. The van der Waals surface area contributed by atoms with E-state index in [1.165, 1.54) is 5.56 Å². The van der Waals surface area contributed by atoms with Gasteiger partial charge in [0.15, 0.2) is 0 Å². The molecule has 0 radical (unpaired) electrons. The van der Waals surface area contributed by atoms with Crippen LogP contribution in [0, 0.1) is 13.8 Å². The number of carbonyl (C=O) groups excluding carboxylic acids is 1. The third kappa shape index (κ3) is 4.12. The number of hydrogen-bond acceptors (Lipinski definition) is 1. The van der Waals surface area contributed by atoms with E-state index in [2.05, 4.69) is 35.0 Å². The van der Waals surface area contributed by atoms with Gasteiger partial charge in [0, 0.05) is 23.1 Å². The van der Waals surface area contributed by atoms with Crippen molar-refractivity contribution in [3.05, 3.63) is 88.7 Å². The summed E-state index contributed by atoms with van der Waals surface area (Å²) >= 11 is 6.14. The Hall–Kier alpha value is -2.52. The van der Waals surface area contributed by atoms with Gasteiger partial charge in [-0.15, -0.1) is 0 Å². The van der Waals surface area contributed by atoms with E-state index in [-0.39, 0.29) is 11.9 Å². The Morgan fingerprint density at radius 2 is 1.80 bits per heavy atom. The molecule has 1 heterocycles. The van der Waals surface area contributed by atoms with Crippen LogP contribution < -0.4 is 5.32 Å². The van der Waals surface area contributed by atoms with Crippen LogP contribution in [0.3, 0.4) is 0 Å². The summed E-state index contributed by atoms with van der Waals surface area (Å²) in [5.74, 6) is -0.0365. The molecule has 0 saturated carbocycles. The maximum atomic E-state index is 12.7. The maximum Gasteiger partial charge on any atom is 0.226 e. The van der Waals surface area contributed by atoms with E-state index in [0.717, 1.165) is 16.8 Å². The third-order valence-electron chi connectivity index (χ3n) is 4.33. The molecule has 0 aliphatic rings. The lowest BCUT2D eigenvalue weighted by molar-refractivity contribution is -0.116. The highest BCUT2D eigenvalue weighted by atomic mass is 35.5. The Labute approximate surface area is 153 Å². The van der Waals surface area contributed by atoms with Crippen LogP contribution in [0.15, 0.2) is 67.0 Å². The molecule has 3 nitrogen and oxygen atoms in total. The first-order valence-corrected chi connectivity index (χ1v) is 8.66. The number of carbonyl (C=O) groups is 1. The minimum Gasteiger partial charge on any atom is -0.346 e. The number of hydrogen-bond donors (Lipinski definition) is 1. The predicted octanol–water partition coefficient (Wildman–Crippen LogP) is 5.38. The number of benzene rings is 2. The zero-order valence-corrected chi connectivity index (χ0v) is 15.1. The molecule has 0 bridgehead atoms. The average Bonchev–Trinajstić information content (AvgIpc) is 3.11. The summed E-state index contributed by atoms with van der Waals surface area (Å²) in [4.78, 5) is 12.7. The first kappa shape index (κ1) is 17.3. The minimum atomic E-state index is -0.0469. The summed E-state index contributed by atoms with van der Waals surface area (Å²) in [6.07, 6.45) is 4.33. The van der Waals surface area contributed by atoms with E-state index in [1.54, 1.807) is 0 Å². The van der Waals surface area contributed by atoms with Crippen molar-refractivity contribution >= 4 is 23.2 Å². The van der Waals surface area contributed by atoms with Gasteiger partial charge in [-0.05, 0) is 49.2 Å². The quantitative estimate of drug-likeness (QED) is 0.657. The van der Waals surface area contributed by atoms with Crippen LogP contribution in [-0.2, 0) is 4.79 Å². The van der Waals surface area contributed by atoms with Crippen molar-refractivity contribution in [2.24, 2.45) is 0 Å². The van der Waals surface area contributed by atoms with Gasteiger partial charge in [0.25, 0.3) is 0 Å². The molecule has 1 N–H and O–H groups in total. The zero-order valence-electron chi connectivity index (χ0n) is 14.4. The second-order valence-corrected chi connectivity index (χ2v) is 6.63. The van der Waals surface area contributed by atoms with E-state index in [9.17, 15) is 4.79 Å². The van der Waals surface area contributed by atoms with Crippen LogP contribution in [0.4, 0.5) is 5.69 Å². The molecule has 128 valence electrons. The topological polar surface area (TPSA) is 34.0 Å². The van der Waals surface area contributed by atoms with Crippen molar-refractivity contribution in [2.45, 2.75) is 26.3 Å². The van der Waals surface area contributed by atoms with Crippen LogP contribution in [0.1, 0.15) is 29.2 Å². The van der Waals surface area contributed by atoms with Gasteiger partial charge in [0.05, 0.1) is 12.5 Å². The van der Waals surface area contributed by atoms with Crippen molar-refractivity contribution in [3.63, 3.8) is 0 Å². The number of aryl methyl sites for hydroxylation is 1. The molecule has 0 aliphatic carbocycles. The normalized spacial score (nSPS) is 12.0. The van der Waals surface area contributed by atoms with Crippen LogP contribution in [-0.4, -0.2) is 10.5 Å². The number of nitrogens with one attached hydrogen (secondary N) is 1. The second kappa shape index (κ2) is 7.58. The summed E-state index contributed by atoms with van der Waals surface area (Å²) in [5.41, 5.74) is 3.94. The summed E-state index contributed by atoms with van der Waals surface area (Å²) < 4.78 is 2.07. The SMILES string of the molecule is Cc1cccc([C@@H](CC(=O)Nc2cccc(Cl)c2C)n2cccc2)c1. The van der Waals surface area contributed by atoms with Crippen molar-refractivity contribution in [3.8, 4) is 0 Å². The lowest BCUT2D eigenvalue weighted by Crippen LogP contribution is -2.20. The second-order valence-electron chi connectivity index (χ2n) is 6.22. The molecule has 3 aromatic rings. The van der Waals surface area contributed by atoms with Gasteiger partial charge in [0.2, 0.25) is 5.91 Å². The molecule has 4 heteroatoms. The number of aromatic nitrogens is 1. The van der Waals surface area contributed by atoms with E-state index in [1.807, 2.05) is 55.7 Å². The Balaban J connectivity index is 1.83. The lowest BCUT2D eigenvalue weighted by atomic mass is 10.0. The van der Waals surface area contributed by atoms with Gasteiger partial charge in [-0.3, -0.25) is 4.79 Å². The van der Waals surface area contributed by atoms with Gasteiger partial charge in [-0.2, -0.15) is 0 Å². The zero-order chi connectivity index (χ0) is 17.8. The van der Waals surface area contributed by atoms with E-state index in [4.69, 9.17) is 11.6 Å². The van der Waals surface area contributed by atoms with Crippen LogP contribution in [0.2, 0.25) is 5.02 Å². The highest BCUT2D eigenvalue weighted by Crippen LogP contribution is 2.26. The molecule has 0 aliphatic heterocycles. The Morgan fingerprint density at radius 3 is 2.52 bits per heavy atom. The van der Waals surface area contributed by atoms with Gasteiger partial charge in [-0.1, -0.05) is 47.5 Å². The Kier molecular flexibility index (Phi) is 5.25. The molecular formula is C21H21ClN2O. The van der Waals surface area contributed by atoms with Gasteiger partial charge < -0.3 is 9.88 Å². The van der Waals surface area contributed by atoms with Crippen molar-refractivity contribution < 1.29 is 4.79 Å². The van der Waals surface area contributed by atoms with Crippen LogP contribution in [0.5, 0.6) is 0 Å². The maximum absolute atomic E-state index is 12.7. The number of amides is 1. The predicted molar refractivity (Wildman–Crippen MR) is 103 cm³/mol. The highest BCUT2D eigenvalue weighted by molar-refractivity contribution is 6.31. The summed E-state index contributed by atoms with van der Waals surface area (Å²) in [7, 11) is 0. The molecular weight excluding hydrogens is 332 g/mol. The Morgan fingerprint density at radius 1 is 1.08 bits per heavy atom. The number of anilines is 1. The fraction of sp³-hybridized carbons (Fsp3) is 0.190. The molecule has 0 fully saturated rings. The summed E-state index contributed by atoms with van der Waals surface area (Å²) in [6.45, 7) is 3.97. The summed E-state index contributed by atoms with van der Waals surface area (Å²) in [5, 5.41) is 3.64. The molecule has 0 saturated heterocycles. The molecule has 2 aromatic carbocycles. The molecule has 1 atom stereocenters. The number of nitrogens with zero attached hydrogens (tertiary/aromatic N) is 1. The average molecular weight is 353 g/mol. The molecule has 25 heavy (non-hydrogen) atoms. The monoisotopic (exact) mass is 352 g/mol. The molecule has 0 spiro atoms. The van der Waals surface area contributed by atoms with Gasteiger partial charge in [0.1, 0.15) is 0 Å². The first-order valence-electron chi connectivity index (χ1n) is 8.28.